The van der Waals surface area contributed by atoms with Crippen molar-refractivity contribution >= 4 is 11.9 Å². The molecule has 0 radical (unpaired) electrons. The molecule has 1 rings (SSSR count). The van der Waals surface area contributed by atoms with Crippen molar-refractivity contribution < 1.29 is 9.53 Å². The normalized spacial score (nSPS) is 11.0. The van der Waals surface area contributed by atoms with E-state index in [4.69, 9.17) is 10.00 Å². The van der Waals surface area contributed by atoms with Crippen molar-refractivity contribution in [3.63, 3.8) is 0 Å². The SMILES string of the molecule is CC(C)N(C(=O)OC(C)(C)C)c1ncccc1C#N. The molecule has 0 spiro atoms. The molecule has 0 aliphatic rings. The average molecular weight is 261 g/mol. The van der Waals surface area contributed by atoms with E-state index in [1.165, 1.54) is 4.90 Å². The first-order valence-electron chi connectivity index (χ1n) is 6.13. The van der Waals surface area contributed by atoms with E-state index in [0.717, 1.165) is 0 Å². The lowest BCUT2D eigenvalue weighted by atomic mass is 10.2. The zero-order valence-corrected chi connectivity index (χ0v) is 12.0. The van der Waals surface area contributed by atoms with Crippen LogP contribution in [0.2, 0.25) is 0 Å². The molecule has 1 aromatic rings. The molecule has 0 saturated carbocycles. The maximum Gasteiger partial charge on any atom is 0.416 e. The van der Waals surface area contributed by atoms with E-state index < -0.39 is 11.7 Å². The van der Waals surface area contributed by atoms with E-state index in [1.54, 1.807) is 39.1 Å². The van der Waals surface area contributed by atoms with E-state index in [0.29, 0.717) is 11.4 Å². The van der Waals surface area contributed by atoms with Gasteiger partial charge in [-0.25, -0.2) is 9.78 Å². The lowest BCUT2D eigenvalue weighted by molar-refractivity contribution is 0.0569. The lowest BCUT2D eigenvalue weighted by Crippen LogP contribution is -2.42. The van der Waals surface area contributed by atoms with E-state index in [9.17, 15) is 4.79 Å². The Morgan fingerprint density at radius 1 is 1.47 bits per heavy atom. The maximum absolute atomic E-state index is 12.2. The van der Waals surface area contributed by atoms with Crippen molar-refractivity contribution in [2.24, 2.45) is 0 Å². The molecule has 0 atom stereocenters. The number of pyridine rings is 1. The summed E-state index contributed by atoms with van der Waals surface area (Å²) in [6.07, 6.45) is 1.05. The fourth-order valence-corrected chi connectivity index (χ4v) is 1.53. The van der Waals surface area contributed by atoms with Gasteiger partial charge in [0.15, 0.2) is 5.82 Å². The van der Waals surface area contributed by atoms with E-state index >= 15 is 0 Å². The molecule has 0 bridgehead atoms. The largest absolute Gasteiger partial charge is 0.443 e. The van der Waals surface area contributed by atoms with Crippen LogP contribution in [0, 0.1) is 11.3 Å². The topological polar surface area (TPSA) is 66.2 Å². The van der Waals surface area contributed by atoms with Crippen LogP contribution in [0.1, 0.15) is 40.2 Å². The summed E-state index contributed by atoms with van der Waals surface area (Å²) in [6, 6.07) is 5.17. The Hall–Kier alpha value is -2.09. The average Bonchev–Trinajstić information content (AvgIpc) is 2.26. The molecule has 0 N–H and O–H groups in total. The molecule has 19 heavy (non-hydrogen) atoms. The first kappa shape index (κ1) is 15.0. The molecular weight excluding hydrogens is 242 g/mol. The molecule has 0 fully saturated rings. The summed E-state index contributed by atoms with van der Waals surface area (Å²) in [4.78, 5) is 17.7. The number of carbonyl (C=O) groups is 1. The van der Waals surface area contributed by atoms with Gasteiger partial charge in [0.1, 0.15) is 11.7 Å². The Kier molecular flexibility index (Phi) is 4.49. The van der Waals surface area contributed by atoms with Crippen LogP contribution < -0.4 is 4.90 Å². The van der Waals surface area contributed by atoms with Crippen LogP contribution in [0.15, 0.2) is 18.3 Å². The molecule has 102 valence electrons. The summed E-state index contributed by atoms with van der Waals surface area (Å²) < 4.78 is 5.35. The number of amides is 1. The zero-order valence-electron chi connectivity index (χ0n) is 12.0. The Balaban J connectivity index is 3.15. The van der Waals surface area contributed by atoms with E-state index in [2.05, 4.69) is 4.98 Å². The van der Waals surface area contributed by atoms with Crippen molar-refractivity contribution in [1.29, 1.82) is 5.26 Å². The summed E-state index contributed by atoms with van der Waals surface area (Å²) in [7, 11) is 0. The Bertz CT molecular complexity index is 498. The molecule has 0 aliphatic heterocycles. The van der Waals surface area contributed by atoms with Crippen LogP contribution in [0.25, 0.3) is 0 Å². The molecule has 0 saturated heterocycles. The van der Waals surface area contributed by atoms with Gasteiger partial charge in [-0.2, -0.15) is 5.26 Å². The maximum atomic E-state index is 12.2. The molecule has 0 aliphatic carbocycles. The van der Waals surface area contributed by atoms with Crippen molar-refractivity contribution in [3.05, 3.63) is 23.9 Å². The minimum atomic E-state index is -0.591. The highest BCUT2D eigenvalue weighted by Crippen LogP contribution is 2.21. The highest BCUT2D eigenvalue weighted by Gasteiger charge is 2.28. The van der Waals surface area contributed by atoms with Crippen molar-refractivity contribution in [2.45, 2.75) is 46.3 Å². The van der Waals surface area contributed by atoms with E-state index in [-0.39, 0.29) is 6.04 Å². The molecule has 1 aromatic heterocycles. The van der Waals surface area contributed by atoms with E-state index in [1.807, 2.05) is 19.9 Å². The standard InChI is InChI=1S/C14H19N3O2/c1-10(2)17(13(18)19-14(3,4)5)12-11(9-15)7-6-8-16-12/h6-8,10H,1-5H3. The fourth-order valence-electron chi connectivity index (χ4n) is 1.53. The van der Waals surface area contributed by atoms with Crippen LogP contribution in [0.3, 0.4) is 0 Å². The second-order valence-corrected chi connectivity index (χ2v) is 5.43. The van der Waals surface area contributed by atoms with Gasteiger partial charge in [0, 0.05) is 12.2 Å². The first-order chi connectivity index (χ1) is 8.76. The van der Waals surface area contributed by atoms with Gasteiger partial charge in [0.25, 0.3) is 0 Å². The molecular formula is C14H19N3O2. The molecule has 0 unspecified atom stereocenters. The minimum Gasteiger partial charge on any atom is -0.443 e. The van der Waals surface area contributed by atoms with Crippen molar-refractivity contribution in [1.82, 2.24) is 4.98 Å². The summed E-state index contributed by atoms with van der Waals surface area (Å²) in [5.41, 5.74) is -0.242. The lowest BCUT2D eigenvalue weighted by Gasteiger charge is -2.29. The molecule has 0 aromatic carbocycles. The highest BCUT2D eigenvalue weighted by molar-refractivity contribution is 5.88. The first-order valence-corrected chi connectivity index (χ1v) is 6.13. The number of nitriles is 1. The number of ether oxygens (including phenoxy) is 1. The van der Waals surface area contributed by atoms with Gasteiger partial charge in [-0.15, -0.1) is 0 Å². The molecule has 1 heterocycles. The van der Waals surface area contributed by atoms with Crippen molar-refractivity contribution in [2.75, 3.05) is 4.90 Å². The molecule has 5 nitrogen and oxygen atoms in total. The quantitative estimate of drug-likeness (QED) is 0.820. The number of nitrogens with zero attached hydrogens (tertiary/aromatic N) is 3. The smallest absolute Gasteiger partial charge is 0.416 e. The third kappa shape index (κ3) is 3.95. The van der Waals surface area contributed by atoms with Crippen LogP contribution >= 0.6 is 0 Å². The number of aromatic nitrogens is 1. The van der Waals surface area contributed by atoms with Crippen LogP contribution in [-0.2, 0) is 4.74 Å². The number of anilines is 1. The number of hydrogen-bond donors (Lipinski definition) is 0. The number of rotatable bonds is 2. The van der Waals surface area contributed by atoms with Gasteiger partial charge in [-0.1, -0.05) is 0 Å². The predicted molar refractivity (Wildman–Crippen MR) is 72.8 cm³/mol. The predicted octanol–water partition coefficient (Wildman–Crippen LogP) is 3.10. The van der Waals surface area contributed by atoms with Crippen LogP contribution in [-0.4, -0.2) is 22.7 Å². The van der Waals surface area contributed by atoms with Crippen molar-refractivity contribution in [3.8, 4) is 6.07 Å². The Labute approximate surface area is 113 Å². The fraction of sp³-hybridized carbons (Fsp3) is 0.500. The third-order valence-corrected chi connectivity index (χ3v) is 2.24. The van der Waals surface area contributed by atoms with Gasteiger partial charge >= 0.3 is 6.09 Å². The number of hydrogen-bond acceptors (Lipinski definition) is 4. The van der Waals surface area contributed by atoms with Crippen LogP contribution in [0.5, 0.6) is 0 Å². The molecule has 1 amide bonds. The summed E-state index contributed by atoms with van der Waals surface area (Å²) in [6.45, 7) is 9.09. The summed E-state index contributed by atoms with van der Waals surface area (Å²) >= 11 is 0. The molecule has 5 heteroatoms. The summed E-state index contributed by atoms with van der Waals surface area (Å²) in [5.74, 6) is 0.328. The van der Waals surface area contributed by atoms with Crippen LogP contribution in [0.4, 0.5) is 10.6 Å². The zero-order chi connectivity index (χ0) is 14.6. The second kappa shape index (κ2) is 5.70. The van der Waals surface area contributed by atoms with Gasteiger partial charge in [-0.05, 0) is 46.8 Å². The van der Waals surface area contributed by atoms with Gasteiger partial charge in [-0.3, -0.25) is 4.90 Å². The third-order valence-electron chi connectivity index (χ3n) is 2.24. The van der Waals surface area contributed by atoms with Gasteiger partial charge in [0.2, 0.25) is 0 Å². The minimum absolute atomic E-state index is 0.156. The monoisotopic (exact) mass is 261 g/mol. The number of carbonyl (C=O) groups excluding carboxylic acids is 1. The Morgan fingerprint density at radius 2 is 2.11 bits per heavy atom. The Morgan fingerprint density at radius 3 is 2.58 bits per heavy atom. The van der Waals surface area contributed by atoms with Gasteiger partial charge in [0.05, 0.1) is 5.56 Å². The second-order valence-electron chi connectivity index (χ2n) is 5.43. The summed E-state index contributed by atoms with van der Waals surface area (Å²) in [5, 5.41) is 9.09. The van der Waals surface area contributed by atoms with Gasteiger partial charge < -0.3 is 4.74 Å². The highest BCUT2D eigenvalue weighted by atomic mass is 16.6.